The van der Waals surface area contributed by atoms with E-state index in [-0.39, 0.29) is 18.2 Å². The molecule has 0 aliphatic carbocycles. The van der Waals surface area contributed by atoms with Crippen LogP contribution in [0.5, 0.6) is 5.75 Å². The van der Waals surface area contributed by atoms with E-state index in [1.807, 2.05) is 31.2 Å². The number of carbonyl (C=O) groups excluding carboxylic acids is 2. The maximum Gasteiger partial charge on any atom is 0.262 e. The van der Waals surface area contributed by atoms with Crippen molar-refractivity contribution >= 4 is 51.0 Å². The Labute approximate surface area is 221 Å². The molecule has 3 rings (SSSR count). The molecule has 3 aromatic carbocycles. The lowest BCUT2D eigenvalue weighted by Crippen LogP contribution is -2.39. The Balaban J connectivity index is 1.50. The molecular formula is C26H27ClN4O5S. The SMILES string of the molecule is Cc1ccc(NC(=O)COc2ccc(/C=N\NC(=O)CN(c3ccc(C)c(Cl)c3)S(C)(=O)=O)cc2)cc1. The number of nitrogens with one attached hydrogen (secondary N) is 2. The van der Waals surface area contributed by atoms with E-state index in [0.29, 0.717) is 22.0 Å². The minimum Gasteiger partial charge on any atom is -0.484 e. The van der Waals surface area contributed by atoms with E-state index in [1.54, 1.807) is 43.3 Å². The van der Waals surface area contributed by atoms with Gasteiger partial charge in [-0.3, -0.25) is 13.9 Å². The van der Waals surface area contributed by atoms with Crippen molar-refractivity contribution in [1.29, 1.82) is 0 Å². The summed E-state index contributed by atoms with van der Waals surface area (Å²) in [7, 11) is -3.74. The smallest absolute Gasteiger partial charge is 0.262 e. The number of halogens is 1. The van der Waals surface area contributed by atoms with Gasteiger partial charge in [-0.2, -0.15) is 5.10 Å². The lowest BCUT2D eigenvalue weighted by atomic mass is 10.2. The molecule has 0 heterocycles. The van der Waals surface area contributed by atoms with Gasteiger partial charge in [-0.15, -0.1) is 0 Å². The van der Waals surface area contributed by atoms with Crippen LogP contribution in [0.4, 0.5) is 11.4 Å². The van der Waals surface area contributed by atoms with Gasteiger partial charge in [-0.1, -0.05) is 35.4 Å². The van der Waals surface area contributed by atoms with Gasteiger partial charge in [-0.05, 0) is 73.5 Å². The first-order chi connectivity index (χ1) is 17.5. The minimum absolute atomic E-state index is 0.152. The van der Waals surface area contributed by atoms with Gasteiger partial charge in [0.15, 0.2) is 6.61 Å². The number of aryl methyl sites for hydroxylation is 2. The monoisotopic (exact) mass is 542 g/mol. The van der Waals surface area contributed by atoms with Crippen LogP contribution in [0.25, 0.3) is 0 Å². The number of hydrazone groups is 1. The number of amides is 2. The summed E-state index contributed by atoms with van der Waals surface area (Å²) >= 11 is 6.11. The zero-order valence-electron chi connectivity index (χ0n) is 20.6. The fourth-order valence-corrected chi connectivity index (χ4v) is 4.14. The van der Waals surface area contributed by atoms with Crippen molar-refractivity contribution in [2.45, 2.75) is 13.8 Å². The summed E-state index contributed by atoms with van der Waals surface area (Å²) in [5.41, 5.74) is 5.83. The molecule has 0 aromatic heterocycles. The molecule has 0 bridgehead atoms. The Bertz CT molecular complexity index is 1390. The first-order valence-corrected chi connectivity index (χ1v) is 13.4. The molecule has 0 saturated heterocycles. The van der Waals surface area contributed by atoms with E-state index >= 15 is 0 Å². The summed E-state index contributed by atoms with van der Waals surface area (Å²) in [6.45, 7) is 3.14. The highest BCUT2D eigenvalue weighted by atomic mass is 35.5. The number of hydrogen-bond acceptors (Lipinski definition) is 6. The lowest BCUT2D eigenvalue weighted by Gasteiger charge is -2.21. The third kappa shape index (κ3) is 8.62. The van der Waals surface area contributed by atoms with Crippen molar-refractivity contribution in [3.63, 3.8) is 0 Å². The largest absolute Gasteiger partial charge is 0.484 e. The number of sulfonamides is 1. The van der Waals surface area contributed by atoms with E-state index in [1.165, 1.54) is 12.3 Å². The normalized spacial score (nSPS) is 11.2. The molecule has 0 radical (unpaired) electrons. The van der Waals surface area contributed by atoms with Crippen LogP contribution in [0.2, 0.25) is 5.02 Å². The summed E-state index contributed by atoms with van der Waals surface area (Å²) in [5, 5.41) is 7.03. The Morgan fingerprint density at radius 3 is 2.30 bits per heavy atom. The van der Waals surface area contributed by atoms with Crippen molar-refractivity contribution < 1.29 is 22.7 Å². The van der Waals surface area contributed by atoms with Gasteiger partial charge in [0.25, 0.3) is 11.8 Å². The molecular weight excluding hydrogens is 516 g/mol. The standard InChI is InChI=1S/C26H27ClN4O5S/c1-18-4-9-21(10-5-18)29-26(33)17-36-23-12-7-20(8-13-23)15-28-30-25(32)16-31(37(3,34)35)22-11-6-19(2)24(27)14-22/h4-15H,16-17H2,1-3H3,(H,29,33)(H,30,32)/b28-15-. The fourth-order valence-electron chi connectivity index (χ4n) is 3.11. The summed E-state index contributed by atoms with van der Waals surface area (Å²) in [4.78, 5) is 24.4. The number of carbonyl (C=O) groups is 2. The Morgan fingerprint density at radius 2 is 1.68 bits per heavy atom. The van der Waals surface area contributed by atoms with Gasteiger partial charge in [0.1, 0.15) is 12.3 Å². The van der Waals surface area contributed by atoms with Crippen LogP contribution in [0, 0.1) is 13.8 Å². The summed E-state index contributed by atoms with van der Waals surface area (Å²) in [6, 6.07) is 18.9. The second kappa shape index (κ2) is 12.4. The molecule has 0 saturated carbocycles. The summed E-state index contributed by atoms with van der Waals surface area (Å²) in [6.07, 6.45) is 2.41. The zero-order valence-corrected chi connectivity index (χ0v) is 22.1. The molecule has 194 valence electrons. The maximum absolute atomic E-state index is 12.3. The molecule has 11 heteroatoms. The minimum atomic E-state index is -3.74. The molecule has 3 aromatic rings. The molecule has 9 nitrogen and oxygen atoms in total. The highest BCUT2D eigenvalue weighted by Gasteiger charge is 2.21. The lowest BCUT2D eigenvalue weighted by molar-refractivity contribution is -0.119. The number of nitrogens with zero attached hydrogens (tertiary/aromatic N) is 2. The van der Waals surface area contributed by atoms with Gasteiger partial charge in [0.2, 0.25) is 10.0 Å². The maximum atomic E-state index is 12.3. The molecule has 37 heavy (non-hydrogen) atoms. The Kier molecular flexibility index (Phi) is 9.26. The van der Waals surface area contributed by atoms with E-state index < -0.39 is 22.5 Å². The zero-order chi connectivity index (χ0) is 27.0. The van der Waals surface area contributed by atoms with Crippen LogP contribution >= 0.6 is 11.6 Å². The van der Waals surface area contributed by atoms with Crippen LogP contribution in [-0.2, 0) is 19.6 Å². The van der Waals surface area contributed by atoms with Crippen LogP contribution in [0.3, 0.4) is 0 Å². The topological polar surface area (TPSA) is 117 Å². The second-order valence-corrected chi connectivity index (χ2v) is 10.6. The van der Waals surface area contributed by atoms with Gasteiger partial charge >= 0.3 is 0 Å². The predicted octanol–water partition coefficient (Wildman–Crippen LogP) is 3.89. The Hall–Kier alpha value is -3.89. The average molecular weight is 543 g/mol. The van der Waals surface area contributed by atoms with Crippen molar-refractivity contribution in [2.24, 2.45) is 5.10 Å². The number of anilines is 2. The highest BCUT2D eigenvalue weighted by molar-refractivity contribution is 7.92. The molecule has 0 aliphatic rings. The molecule has 0 fully saturated rings. The van der Waals surface area contributed by atoms with E-state index in [0.717, 1.165) is 21.7 Å². The third-order valence-electron chi connectivity index (χ3n) is 5.12. The van der Waals surface area contributed by atoms with Gasteiger partial charge in [0.05, 0.1) is 18.2 Å². The quantitative estimate of drug-likeness (QED) is 0.298. The highest BCUT2D eigenvalue weighted by Crippen LogP contribution is 2.24. The van der Waals surface area contributed by atoms with Crippen molar-refractivity contribution in [1.82, 2.24) is 5.43 Å². The van der Waals surface area contributed by atoms with Crippen molar-refractivity contribution in [2.75, 3.05) is 29.0 Å². The van der Waals surface area contributed by atoms with Crippen LogP contribution in [0.1, 0.15) is 16.7 Å². The first kappa shape index (κ1) is 27.7. The number of rotatable bonds is 10. The second-order valence-electron chi connectivity index (χ2n) is 8.27. The first-order valence-electron chi connectivity index (χ1n) is 11.2. The van der Waals surface area contributed by atoms with Gasteiger partial charge in [0, 0.05) is 10.7 Å². The fraction of sp³-hybridized carbons (Fsp3) is 0.192. The average Bonchev–Trinajstić information content (AvgIpc) is 2.84. The molecule has 0 spiro atoms. The van der Waals surface area contributed by atoms with E-state index in [9.17, 15) is 18.0 Å². The summed E-state index contributed by atoms with van der Waals surface area (Å²) in [5.74, 6) is -0.424. The molecule has 0 unspecified atom stereocenters. The number of ether oxygens (including phenoxy) is 1. The predicted molar refractivity (Wildman–Crippen MR) is 146 cm³/mol. The van der Waals surface area contributed by atoms with Crippen LogP contribution in [-0.4, -0.2) is 45.9 Å². The van der Waals surface area contributed by atoms with E-state index in [2.05, 4.69) is 15.8 Å². The van der Waals surface area contributed by atoms with Gasteiger partial charge in [-0.25, -0.2) is 13.8 Å². The molecule has 0 aliphatic heterocycles. The summed E-state index contributed by atoms with van der Waals surface area (Å²) < 4.78 is 30.9. The van der Waals surface area contributed by atoms with Crippen molar-refractivity contribution in [3.05, 3.63) is 88.4 Å². The van der Waals surface area contributed by atoms with Crippen LogP contribution < -0.4 is 19.8 Å². The molecule has 0 atom stereocenters. The molecule has 2 N–H and O–H groups in total. The number of benzene rings is 3. The van der Waals surface area contributed by atoms with Crippen LogP contribution in [0.15, 0.2) is 71.8 Å². The van der Waals surface area contributed by atoms with Crippen molar-refractivity contribution in [3.8, 4) is 5.75 Å². The Morgan fingerprint density at radius 1 is 1.00 bits per heavy atom. The molecule has 2 amide bonds. The third-order valence-corrected chi connectivity index (χ3v) is 6.67. The van der Waals surface area contributed by atoms with Gasteiger partial charge < -0.3 is 10.1 Å². The number of hydrogen-bond donors (Lipinski definition) is 2. The van der Waals surface area contributed by atoms with E-state index in [4.69, 9.17) is 16.3 Å².